The molecule has 26 heavy (non-hydrogen) atoms. The number of likely N-dealkylation sites (tertiary alicyclic amines) is 1. The van der Waals surface area contributed by atoms with Crippen molar-refractivity contribution >= 4 is 5.91 Å². The molecule has 1 amide bonds. The van der Waals surface area contributed by atoms with E-state index in [9.17, 15) is 9.59 Å². The lowest BCUT2D eigenvalue weighted by molar-refractivity contribution is 0.0709. The highest BCUT2D eigenvalue weighted by atomic mass is 16.2. The number of carbonyl (C=O) groups excluding carboxylic acids is 1. The third-order valence-corrected chi connectivity index (χ3v) is 5.52. The highest BCUT2D eigenvalue weighted by Gasteiger charge is 2.32. The van der Waals surface area contributed by atoms with Crippen LogP contribution >= 0.6 is 0 Å². The molecule has 7 heteroatoms. The van der Waals surface area contributed by atoms with Crippen molar-refractivity contribution < 1.29 is 4.79 Å². The average Bonchev–Trinajstić information content (AvgIpc) is 3.21. The Hall–Kier alpha value is -2.44. The van der Waals surface area contributed by atoms with E-state index in [-0.39, 0.29) is 17.5 Å². The Balaban J connectivity index is 1.57. The van der Waals surface area contributed by atoms with Crippen molar-refractivity contribution in [1.29, 1.82) is 0 Å². The standard InChI is InChI=1S/C19H25N5O2/c1-13-10-17(22(2)20-13)19(26)23-9-5-7-15(23)12-24-18(25)11-14-6-3-4-8-16(14)21-24/h10-11,15H,3-9,12H2,1-2H3. The van der Waals surface area contributed by atoms with Gasteiger partial charge in [-0.1, -0.05) is 0 Å². The van der Waals surface area contributed by atoms with Crippen LogP contribution < -0.4 is 5.56 Å². The van der Waals surface area contributed by atoms with Crippen LogP contribution in [0.2, 0.25) is 0 Å². The topological polar surface area (TPSA) is 73.0 Å². The van der Waals surface area contributed by atoms with E-state index in [1.165, 1.54) is 0 Å². The van der Waals surface area contributed by atoms with Gasteiger partial charge in [-0.05, 0) is 57.1 Å². The molecule has 0 radical (unpaired) electrons. The number of aromatic nitrogens is 4. The van der Waals surface area contributed by atoms with E-state index in [1.807, 2.05) is 17.9 Å². The van der Waals surface area contributed by atoms with Crippen LogP contribution in [0.1, 0.15) is 53.1 Å². The predicted molar refractivity (Wildman–Crippen MR) is 97.1 cm³/mol. The van der Waals surface area contributed by atoms with Gasteiger partial charge in [-0.25, -0.2) is 4.68 Å². The second-order valence-corrected chi connectivity index (χ2v) is 7.43. The minimum atomic E-state index is -0.0543. The van der Waals surface area contributed by atoms with Gasteiger partial charge in [0.25, 0.3) is 11.5 Å². The summed E-state index contributed by atoms with van der Waals surface area (Å²) in [7, 11) is 1.79. The molecule has 2 aromatic heterocycles. The molecular weight excluding hydrogens is 330 g/mol. The van der Waals surface area contributed by atoms with Gasteiger partial charge >= 0.3 is 0 Å². The minimum Gasteiger partial charge on any atom is -0.332 e. The lowest BCUT2D eigenvalue weighted by Gasteiger charge is -2.25. The lowest BCUT2D eigenvalue weighted by Crippen LogP contribution is -2.41. The van der Waals surface area contributed by atoms with Crippen LogP contribution in [-0.4, -0.2) is 43.0 Å². The van der Waals surface area contributed by atoms with Crippen LogP contribution in [0.25, 0.3) is 0 Å². The fourth-order valence-corrected chi connectivity index (χ4v) is 4.18. The summed E-state index contributed by atoms with van der Waals surface area (Å²) in [6.45, 7) is 3.07. The Morgan fingerprint density at radius 3 is 2.77 bits per heavy atom. The van der Waals surface area contributed by atoms with Crippen molar-refractivity contribution in [2.45, 2.75) is 58.0 Å². The van der Waals surface area contributed by atoms with Gasteiger partial charge in [0.15, 0.2) is 0 Å². The first-order valence-corrected chi connectivity index (χ1v) is 9.44. The molecule has 0 aromatic carbocycles. The molecule has 0 saturated carbocycles. The normalized spacial score (nSPS) is 19.6. The van der Waals surface area contributed by atoms with Crippen LogP contribution in [0, 0.1) is 6.92 Å². The predicted octanol–water partition coefficient (Wildman–Crippen LogP) is 1.47. The van der Waals surface area contributed by atoms with Gasteiger partial charge in [0.05, 0.1) is 24.0 Å². The van der Waals surface area contributed by atoms with Gasteiger partial charge in [0, 0.05) is 19.7 Å². The fourth-order valence-electron chi connectivity index (χ4n) is 4.18. The van der Waals surface area contributed by atoms with Gasteiger partial charge in [0.2, 0.25) is 0 Å². The second-order valence-electron chi connectivity index (χ2n) is 7.43. The average molecular weight is 355 g/mol. The highest BCUT2D eigenvalue weighted by Crippen LogP contribution is 2.22. The molecule has 0 spiro atoms. The monoisotopic (exact) mass is 355 g/mol. The lowest BCUT2D eigenvalue weighted by atomic mass is 9.97. The molecule has 0 bridgehead atoms. The van der Waals surface area contributed by atoms with E-state index in [1.54, 1.807) is 22.5 Å². The molecule has 7 nitrogen and oxygen atoms in total. The summed E-state index contributed by atoms with van der Waals surface area (Å²) >= 11 is 0. The largest absolute Gasteiger partial charge is 0.332 e. The van der Waals surface area contributed by atoms with Gasteiger partial charge in [-0.2, -0.15) is 10.2 Å². The highest BCUT2D eigenvalue weighted by molar-refractivity contribution is 5.93. The second kappa shape index (κ2) is 6.70. The number of carbonyl (C=O) groups is 1. The van der Waals surface area contributed by atoms with Crippen molar-refractivity contribution in [1.82, 2.24) is 24.5 Å². The van der Waals surface area contributed by atoms with E-state index in [2.05, 4.69) is 10.2 Å². The van der Waals surface area contributed by atoms with Gasteiger partial charge in [-0.15, -0.1) is 0 Å². The van der Waals surface area contributed by atoms with Crippen molar-refractivity contribution in [2.24, 2.45) is 7.05 Å². The van der Waals surface area contributed by atoms with Crippen LogP contribution in [0.5, 0.6) is 0 Å². The van der Waals surface area contributed by atoms with Crippen molar-refractivity contribution in [2.75, 3.05) is 6.54 Å². The summed E-state index contributed by atoms with van der Waals surface area (Å²) < 4.78 is 3.20. The van der Waals surface area contributed by atoms with Crippen molar-refractivity contribution in [3.63, 3.8) is 0 Å². The molecule has 2 aliphatic rings. The van der Waals surface area contributed by atoms with Crippen LogP contribution in [0.4, 0.5) is 0 Å². The minimum absolute atomic E-state index is 0.00421. The Morgan fingerprint density at radius 1 is 1.19 bits per heavy atom. The first-order chi connectivity index (χ1) is 12.5. The van der Waals surface area contributed by atoms with Gasteiger partial charge < -0.3 is 4.90 Å². The number of fused-ring (bicyclic) bond motifs is 1. The fraction of sp³-hybridized carbons (Fsp3) is 0.579. The molecule has 1 aliphatic carbocycles. The van der Waals surface area contributed by atoms with E-state index in [0.717, 1.165) is 55.5 Å². The number of hydrogen-bond donors (Lipinski definition) is 0. The zero-order chi connectivity index (χ0) is 18.3. The molecule has 1 fully saturated rings. The SMILES string of the molecule is Cc1cc(C(=O)N2CCCC2Cn2nc3c(cc2=O)CCCC3)n(C)n1. The summed E-state index contributed by atoms with van der Waals surface area (Å²) in [6, 6.07) is 3.57. The van der Waals surface area contributed by atoms with Crippen molar-refractivity contribution in [3.8, 4) is 0 Å². The maximum atomic E-state index is 13.0. The molecule has 138 valence electrons. The number of nitrogens with zero attached hydrogens (tertiary/aromatic N) is 5. The number of hydrogen-bond acceptors (Lipinski definition) is 4. The number of aryl methyl sites for hydroxylation is 4. The maximum Gasteiger partial charge on any atom is 0.272 e. The Morgan fingerprint density at radius 2 is 2.00 bits per heavy atom. The third-order valence-electron chi connectivity index (χ3n) is 5.52. The molecule has 1 unspecified atom stereocenters. The van der Waals surface area contributed by atoms with E-state index < -0.39 is 0 Å². The number of amides is 1. The first-order valence-electron chi connectivity index (χ1n) is 9.44. The van der Waals surface area contributed by atoms with E-state index >= 15 is 0 Å². The van der Waals surface area contributed by atoms with Gasteiger partial charge in [0.1, 0.15) is 5.69 Å². The summed E-state index contributed by atoms with van der Waals surface area (Å²) in [5, 5.41) is 8.89. The third kappa shape index (κ3) is 3.06. The maximum absolute atomic E-state index is 13.0. The summed E-state index contributed by atoms with van der Waals surface area (Å²) in [5.41, 5.74) is 3.52. The zero-order valence-corrected chi connectivity index (χ0v) is 15.4. The molecule has 3 heterocycles. The molecule has 4 rings (SSSR count). The van der Waals surface area contributed by atoms with Crippen LogP contribution in [0.15, 0.2) is 16.9 Å². The molecule has 1 saturated heterocycles. The molecular formula is C19H25N5O2. The summed E-state index contributed by atoms with van der Waals surface area (Å²) in [5.74, 6) is -0.0124. The van der Waals surface area contributed by atoms with E-state index in [4.69, 9.17) is 0 Å². The molecule has 1 aliphatic heterocycles. The first kappa shape index (κ1) is 17.0. The smallest absolute Gasteiger partial charge is 0.272 e. The van der Waals surface area contributed by atoms with Gasteiger partial charge in [-0.3, -0.25) is 14.3 Å². The van der Waals surface area contributed by atoms with Crippen molar-refractivity contribution in [3.05, 3.63) is 45.1 Å². The molecule has 0 N–H and O–H groups in total. The van der Waals surface area contributed by atoms with E-state index in [0.29, 0.717) is 18.8 Å². The Kier molecular flexibility index (Phi) is 4.38. The van der Waals surface area contributed by atoms with Crippen LogP contribution in [0.3, 0.4) is 0 Å². The Labute approximate surface area is 152 Å². The summed E-state index contributed by atoms with van der Waals surface area (Å²) in [4.78, 5) is 27.3. The zero-order valence-electron chi connectivity index (χ0n) is 15.4. The Bertz CT molecular complexity index is 898. The quantitative estimate of drug-likeness (QED) is 0.836. The molecule has 1 atom stereocenters. The number of rotatable bonds is 3. The van der Waals surface area contributed by atoms with Crippen LogP contribution in [-0.2, 0) is 26.4 Å². The molecule has 2 aromatic rings. The summed E-state index contributed by atoms with van der Waals surface area (Å²) in [6.07, 6.45) is 6.00.